The largest absolute Gasteiger partial charge is 0.228 e. The van der Waals surface area contributed by atoms with Gasteiger partial charge in [0.2, 0.25) is 14.2 Å². The molecular weight excluding hydrogens is 220 g/mol. The van der Waals surface area contributed by atoms with Crippen LogP contribution in [0.5, 0.6) is 0 Å². The van der Waals surface area contributed by atoms with Crippen LogP contribution in [0.15, 0.2) is 4.34 Å². The van der Waals surface area contributed by atoms with Gasteiger partial charge in [0.05, 0.1) is 5.75 Å². The van der Waals surface area contributed by atoms with Gasteiger partial charge < -0.3 is 0 Å². The van der Waals surface area contributed by atoms with Crippen LogP contribution in [-0.2, 0) is 16.3 Å². The van der Waals surface area contributed by atoms with Crippen LogP contribution in [0.2, 0.25) is 0 Å². The normalized spacial score (nSPS) is 11.9. The zero-order chi connectivity index (χ0) is 10.6. The minimum absolute atomic E-state index is 0.0927. The first-order valence-corrected chi connectivity index (χ1v) is 7.08. The fraction of sp³-hybridized carbons (Fsp3) is 0.750. The molecule has 0 aromatic carbocycles. The summed E-state index contributed by atoms with van der Waals surface area (Å²) in [5.74, 6) is 0.749. The molecule has 1 aromatic heterocycles. The van der Waals surface area contributed by atoms with Gasteiger partial charge in [0, 0.05) is 6.42 Å². The molecule has 0 aliphatic rings. The highest BCUT2D eigenvalue weighted by Gasteiger charge is 2.17. The molecule has 0 aliphatic carbocycles. The topological polar surface area (TPSA) is 59.9 Å². The van der Waals surface area contributed by atoms with Gasteiger partial charge in [-0.3, -0.25) is 0 Å². The van der Waals surface area contributed by atoms with Gasteiger partial charge in [-0.25, -0.2) is 13.4 Å². The number of rotatable bonds is 5. The zero-order valence-corrected chi connectivity index (χ0v) is 9.99. The fourth-order valence-corrected chi connectivity index (χ4v) is 2.80. The summed E-state index contributed by atoms with van der Waals surface area (Å²) in [5.41, 5.74) is 0. The first kappa shape index (κ1) is 11.6. The summed E-state index contributed by atoms with van der Waals surface area (Å²) in [5, 5.41) is 0. The van der Waals surface area contributed by atoms with Crippen molar-refractivity contribution in [3.8, 4) is 0 Å². The Morgan fingerprint density at radius 3 is 2.64 bits per heavy atom. The Morgan fingerprint density at radius 2 is 2.07 bits per heavy atom. The molecule has 0 bridgehead atoms. The summed E-state index contributed by atoms with van der Waals surface area (Å²) in [6.07, 6.45) is 2.84. The number of hydrogen-bond donors (Lipinski definition) is 0. The molecule has 0 amide bonds. The van der Waals surface area contributed by atoms with E-state index < -0.39 is 9.84 Å². The molecule has 6 heteroatoms. The maximum atomic E-state index is 11.4. The average Bonchev–Trinajstić information content (AvgIpc) is 2.63. The molecule has 1 heterocycles. The average molecular weight is 234 g/mol. The van der Waals surface area contributed by atoms with Gasteiger partial charge in [-0.1, -0.05) is 20.3 Å². The van der Waals surface area contributed by atoms with E-state index in [1.54, 1.807) is 6.92 Å². The molecule has 0 aliphatic heterocycles. The van der Waals surface area contributed by atoms with Crippen LogP contribution < -0.4 is 0 Å². The maximum Gasteiger partial charge on any atom is 0.228 e. The molecule has 0 saturated carbocycles. The van der Waals surface area contributed by atoms with Gasteiger partial charge in [0.15, 0.2) is 0 Å². The van der Waals surface area contributed by atoms with Crippen molar-refractivity contribution in [3.05, 3.63) is 5.82 Å². The van der Waals surface area contributed by atoms with Gasteiger partial charge in [0.1, 0.15) is 5.82 Å². The summed E-state index contributed by atoms with van der Waals surface area (Å²) in [7, 11) is -3.16. The Morgan fingerprint density at radius 1 is 1.36 bits per heavy atom. The summed E-state index contributed by atoms with van der Waals surface area (Å²) >= 11 is 0.982. The Labute approximate surface area is 88.5 Å². The third-order valence-corrected chi connectivity index (χ3v) is 4.77. The van der Waals surface area contributed by atoms with Crippen LogP contribution >= 0.6 is 11.5 Å². The molecule has 0 N–H and O–H groups in total. The fourth-order valence-electron chi connectivity index (χ4n) is 0.924. The second-order valence-corrected chi connectivity index (χ2v) is 6.19. The Hall–Kier alpha value is -0.490. The summed E-state index contributed by atoms with van der Waals surface area (Å²) in [4.78, 5) is 4.01. The molecule has 0 spiro atoms. The smallest absolute Gasteiger partial charge is 0.221 e. The predicted octanol–water partition coefficient (Wildman–Crippen LogP) is 1.67. The van der Waals surface area contributed by atoms with E-state index >= 15 is 0 Å². The standard InChI is InChI=1S/C8H14N2O2S2/c1-3-5-6-7-9-8(13-10-7)14(11,12)4-2/h3-6H2,1-2H3. The van der Waals surface area contributed by atoms with E-state index in [1.807, 2.05) is 0 Å². The van der Waals surface area contributed by atoms with Crippen molar-refractivity contribution in [2.75, 3.05) is 5.75 Å². The molecule has 0 atom stereocenters. The van der Waals surface area contributed by atoms with E-state index in [9.17, 15) is 8.42 Å². The third kappa shape index (κ3) is 2.75. The van der Waals surface area contributed by atoms with Crippen LogP contribution in [0.4, 0.5) is 0 Å². The van der Waals surface area contributed by atoms with E-state index in [2.05, 4.69) is 16.3 Å². The van der Waals surface area contributed by atoms with Gasteiger partial charge in [-0.15, -0.1) is 0 Å². The second-order valence-electron chi connectivity index (χ2n) is 2.98. The van der Waals surface area contributed by atoms with Gasteiger partial charge in [0.25, 0.3) is 0 Å². The number of nitrogens with zero attached hydrogens (tertiary/aromatic N) is 2. The van der Waals surface area contributed by atoms with Crippen LogP contribution in [0.1, 0.15) is 32.5 Å². The number of aryl methyl sites for hydroxylation is 1. The van der Waals surface area contributed by atoms with Crippen molar-refractivity contribution in [1.82, 2.24) is 9.36 Å². The van der Waals surface area contributed by atoms with Gasteiger partial charge >= 0.3 is 0 Å². The highest BCUT2D eigenvalue weighted by Crippen LogP contribution is 2.14. The first-order valence-electron chi connectivity index (χ1n) is 4.65. The van der Waals surface area contributed by atoms with Crippen molar-refractivity contribution in [2.45, 2.75) is 37.4 Å². The van der Waals surface area contributed by atoms with Gasteiger partial charge in [-0.05, 0) is 18.0 Å². The lowest BCUT2D eigenvalue weighted by molar-refractivity contribution is 0.596. The lowest BCUT2D eigenvalue weighted by Gasteiger charge is -1.92. The van der Waals surface area contributed by atoms with Crippen LogP contribution in [0.25, 0.3) is 0 Å². The van der Waals surface area contributed by atoms with E-state index in [4.69, 9.17) is 0 Å². The Kier molecular flexibility index (Phi) is 4.00. The van der Waals surface area contributed by atoms with Crippen LogP contribution in [0.3, 0.4) is 0 Å². The van der Waals surface area contributed by atoms with Gasteiger partial charge in [-0.2, -0.15) is 4.37 Å². The number of sulfone groups is 1. The minimum Gasteiger partial charge on any atom is -0.221 e. The second kappa shape index (κ2) is 4.84. The molecule has 0 radical (unpaired) electrons. The molecule has 0 fully saturated rings. The molecule has 0 unspecified atom stereocenters. The molecule has 1 rings (SSSR count). The van der Waals surface area contributed by atoms with Crippen molar-refractivity contribution < 1.29 is 8.42 Å². The molecule has 14 heavy (non-hydrogen) atoms. The Bertz CT molecular complexity index is 384. The minimum atomic E-state index is -3.16. The zero-order valence-electron chi connectivity index (χ0n) is 8.36. The molecule has 80 valence electrons. The molecule has 4 nitrogen and oxygen atoms in total. The highest BCUT2D eigenvalue weighted by atomic mass is 32.2. The number of unbranched alkanes of at least 4 members (excludes halogenated alkanes) is 1. The van der Waals surface area contributed by atoms with Crippen molar-refractivity contribution in [3.63, 3.8) is 0 Å². The van der Waals surface area contributed by atoms with Crippen molar-refractivity contribution in [2.24, 2.45) is 0 Å². The quantitative estimate of drug-likeness (QED) is 0.777. The SMILES string of the molecule is CCCCc1nsc(S(=O)(=O)CC)n1. The molecule has 0 saturated heterocycles. The van der Waals surface area contributed by atoms with Crippen LogP contribution in [-0.4, -0.2) is 23.5 Å². The van der Waals surface area contributed by atoms with E-state index in [-0.39, 0.29) is 10.1 Å². The lowest BCUT2D eigenvalue weighted by atomic mass is 10.2. The van der Waals surface area contributed by atoms with Crippen molar-refractivity contribution >= 4 is 21.4 Å². The van der Waals surface area contributed by atoms with E-state index in [0.29, 0.717) is 5.82 Å². The number of hydrogen-bond acceptors (Lipinski definition) is 5. The number of aromatic nitrogens is 2. The van der Waals surface area contributed by atoms with E-state index in [0.717, 1.165) is 30.8 Å². The lowest BCUT2D eigenvalue weighted by Crippen LogP contribution is -2.03. The van der Waals surface area contributed by atoms with Crippen LogP contribution in [0, 0.1) is 0 Å². The monoisotopic (exact) mass is 234 g/mol. The maximum absolute atomic E-state index is 11.4. The summed E-state index contributed by atoms with van der Waals surface area (Å²) < 4.78 is 27.0. The summed E-state index contributed by atoms with van der Waals surface area (Å²) in [6, 6.07) is 0. The summed E-state index contributed by atoms with van der Waals surface area (Å²) in [6.45, 7) is 3.69. The third-order valence-electron chi connectivity index (χ3n) is 1.85. The predicted molar refractivity (Wildman–Crippen MR) is 56.2 cm³/mol. The van der Waals surface area contributed by atoms with E-state index in [1.165, 1.54) is 0 Å². The van der Waals surface area contributed by atoms with Crippen molar-refractivity contribution in [1.29, 1.82) is 0 Å². The molecular formula is C8H14N2O2S2. The molecule has 1 aromatic rings. The Balaban J connectivity index is 2.78. The highest BCUT2D eigenvalue weighted by molar-refractivity contribution is 7.93. The first-order chi connectivity index (χ1) is 6.60.